The summed E-state index contributed by atoms with van der Waals surface area (Å²) in [4.78, 5) is 18.9. The lowest BCUT2D eigenvalue weighted by Crippen LogP contribution is -2.35. The summed E-state index contributed by atoms with van der Waals surface area (Å²) in [6.45, 7) is 5.52. The number of nitrogens with zero attached hydrogens (tertiary/aromatic N) is 2. The first kappa shape index (κ1) is 13.3. The van der Waals surface area contributed by atoms with Crippen LogP contribution < -0.4 is 10.6 Å². The number of carbonyl (C=O) groups excluding carboxylic acids is 1. The molecular formula is C11H17FN4O. The Bertz CT molecular complexity index is 395. The summed E-state index contributed by atoms with van der Waals surface area (Å²) in [6, 6.07) is 0.0609. The van der Waals surface area contributed by atoms with E-state index in [1.807, 2.05) is 13.8 Å². The fraction of sp³-hybridized carbons (Fsp3) is 0.545. The molecule has 0 aliphatic carbocycles. The highest BCUT2D eigenvalue weighted by molar-refractivity contribution is 5.80. The Kier molecular flexibility index (Phi) is 4.81. The highest BCUT2D eigenvalue weighted by Gasteiger charge is 2.10. The van der Waals surface area contributed by atoms with Gasteiger partial charge in [0, 0.05) is 6.04 Å². The molecule has 0 aromatic carbocycles. The number of amides is 1. The van der Waals surface area contributed by atoms with Crippen molar-refractivity contribution in [1.82, 2.24) is 15.3 Å². The summed E-state index contributed by atoms with van der Waals surface area (Å²) in [7, 11) is 0. The first-order valence-electron chi connectivity index (χ1n) is 5.57. The van der Waals surface area contributed by atoms with Crippen LogP contribution in [-0.4, -0.2) is 28.5 Å². The number of aryl methyl sites for hydroxylation is 1. The van der Waals surface area contributed by atoms with Gasteiger partial charge in [-0.25, -0.2) is 14.4 Å². The maximum Gasteiger partial charge on any atom is 0.239 e. The Hall–Kier alpha value is -1.72. The van der Waals surface area contributed by atoms with Crippen molar-refractivity contribution < 1.29 is 9.18 Å². The van der Waals surface area contributed by atoms with Crippen LogP contribution in [0, 0.1) is 5.82 Å². The highest BCUT2D eigenvalue weighted by Crippen LogP contribution is 2.12. The summed E-state index contributed by atoms with van der Waals surface area (Å²) in [6.07, 6.45) is 1.77. The standard InChI is InChI=1S/C11H17FN4O/c1-4-8-10(12)11(15-6-14-8)13-5-9(17)16-7(2)3/h6-7H,4-5H2,1-3H3,(H,16,17)(H,13,14,15). The minimum Gasteiger partial charge on any atom is -0.358 e. The zero-order valence-electron chi connectivity index (χ0n) is 10.2. The Morgan fingerprint density at radius 1 is 1.47 bits per heavy atom. The van der Waals surface area contributed by atoms with Gasteiger partial charge in [0.25, 0.3) is 0 Å². The van der Waals surface area contributed by atoms with Gasteiger partial charge in [-0.2, -0.15) is 0 Å². The lowest BCUT2D eigenvalue weighted by molar-refractivity contribution is -0.119. The molecular weight excluding hydrogens is 223 g/mol. The van der Waals surface area contributed by atoms with Crippen molar-refractivity contribution in [3.8, 4) is 0 Å². The summed E-state index contributed by atoms with van der Waals surface area (Å²) in [5.41, 5.74) is 0.340. The van der Waals surface area contributed by atoms with E-state index in [1.54, 1.807) is 6.92 Å². The zero-order valence-corrected chi connectivity index (χ0v) is 10.2. The SMILES string of the molecule is CCc1ncnc(NCC(=O)NC(C)C)c1F. The fourth-order valence-electron chi connectivity index (χ4n) is 1.31. The Morgan fingerprint density at radius 3 is 2.76 bits per heavy atom. The molecule has 0 aliphatic heterocycles. The second-order valence-corrected chi connectivity index (χ2v) is 3.91. The third-order valence-electron chi connectivity index (χ3n) is 2.06. The number of anilines is 1. The van der Waals surface area contributed by atoms with E-state index in [2.05, 4.69) is 20.6 Å². The van der Waals surface area contributed by atoms with Gasteiger partial charge in [0.05, 0.1) is 12.2 Å². The van der Waals surface area contributed by atoms with Crippen LogP contribution >= 0.6 is 0 Å². The maximum atomic E-state index is 13.7. The second-order valence-electron chi connectivity index (χ2n) is 3.91. The number of carbonyl (C=O) groups is 1. The predicted molar refractivity (Wildman–Crippen MR) is 63.1 cm³/mol. The normalized spacial score (nSPS) is 10.4. The molecule has 1 rings (SSSR count). The van der Waals surface area contributed by atoms with E-state index in [0.717, 1.165) is 0 Å². The molecule has 5 nitrogen and oxygen atoms in total. The topological polar surface area (TPSA) is 66.9 Å². The van der Waals surface area contributed by atoms with Crippen molar-refractivity contribution >= 4 is 11.7 Å². The van der Waals surface area contributed by atoms with Gasteiger partial charge in [-0.1, -0.05) is 6.92 Å². The van der Waals surface area contributed by atoms with E-state index < -0.39 is 5.82 Å². The highest BCUT2D eigenvalue weighted by atomic mass is 19.1. The van der Waals surface area contributed by atoms with Crippen LogP contribution in [-0.2, 0) is 11.2 Å². The van der Waals surface area contributed by atoms with Crippen LogP contribution in [0.15, 0.2) is 6.33 Å². The molecule has 1 heterocycles. The molecule has 0 bridgehead atoms. The maximum absolute atomic E-state index is 13.7. The van der Waals surface area contributed by atoms with Gasteiger partial charge in [-0.05, 0) is 20.3 Å². The van der Waals surface area contributed by atoms with Crippen LogP contribution in [0.4, 0.5) is 10.2 Å². The first-order chi connectivity index (χ1) is 8.04. The monoisotopic (exact) mass is 240 g/mol. The van der Waals surface area contributed by atoms with Gasteiger partial charge in [0.1, 0.15) is 6.33 Å². The van der Waals surface area contributed by atoms with Crippen LogP contribution in [0.1, 0.15) is 26.5 Å². The molecule has 0 radical (unpaired) electrons. The molecule has 1 amide bonds. The predicted octanol–water partition coefficient (Wildman–Crippen LogP) is 1.11. The van der Waals surface area contributed by atoms with Gasteiger partial charge in [0.2, 0.25) is 5.91 Å². The van der Waals surface area contributed by atoms with Crippen molar-refractivity contribution in [3.05, 3.63) is 17.8 Å². The summed E-state index contributed by atoms with van der Waals surface area (Å²) in [5.74, 6) is -0.626. The number of nitrogens with one attached hydrogen (secondary N) is 2. The van der Waals surface area contributed by atoms with E-state index in [1.165, 1.54) is 6.33 Å². The number of hydrogen-bond acceptors (Lipinski definition) is 4. The van der Waals surface area contributed by atoms with Crippen molar-refractivity contribution in [2.45, 2.75) is 33.2 Å². The van der Waals surface area contributed by atoms with E-state index in [9.17, 15) is 9.18 Å². The van der Waals surface area contributed by atoms with Crippen LogP contribution in [0.5, 0.6) is 0 Å². The molecule has 1 aromatic rings. The van der Waals surface area contributed by atoms with Crippen molar-refractivity contribution in [3.63, 3.8) is 0 Å². The van der Waals surface area contributed by atoms with Crippen LogP contribution in [0.3, 0.4) is 0 Å². The van der Waals surface area contributed by atoms with Gasteiger partial charge in [-0.3, -0.25) is 4.79 Å². The Labute approximate surface area is 99.9 Å². The average molecular weight is 240 g/mol. The number of aromatic nitrogens is 2. The quantitative estimate of drug-likeness (QED) is 0.809. The van der Waals surface area contributed by atoms with Crippen molar-refractivity contribution in [1.29, 1.82) is 0 Å². The molecule has 6 heteroatoms. The number of rotatable bonds is 5. The molecule has 17 heavy (non-hydrogen) atoms. The fourth-order valence-corrected chi connectivity index (χ4v) is 1.31. The lowest BCUT2D eigenvalue weighted by atomic mass is 10.3. The van der Waals surface area contributed by atoms with Gasteiger partial charge >= 0.3 is 0 Å². The summed E-state index contributed by atoms with van der Waals surface area (Å²) in [5, 5.41) is 5.35. The summed E-state index contributed by atoms with van der Waals surface area (Å²) >= 11 is 0. The van der Waals surface area contributed by atoms with Crippen molar-refractivity contribution in [2.24, 2.45) is 0 Å². The molecule has 0 atom stereocenters. The third-order valence-corrected chi connectivity index (χ3v) is 2.06. The lowest BCUT2D eigenvalue weighted by Gasteiger charge is -2.10. The van der Waals surface area contributed by atoms with Gasteiger partial charge in [-0.15, -0.1) is 0 Å². The van der Waals surface area contributed by atoms with Crippen molar-refractivity contribution in [2.75, 3.05) is 11.9 Å². The zero-order chi connectivity index (χ0) is 12.8. The van der Waals surface area contributed by atoms with Gasteiger partial charge in [0.15, 0.2) is 11.6 Å². The van der Waals surface area contributed by atoms with Crippen LogP contribution in [0.25, 0.3) is 0 Å². The largest absolute Gasteiger partial charge is 0.358 e. The molecule has 94 valence electrons. The second kappa shape index (κ2) is 6.12. The minimum absolute atomic E-state index is 0.00469. The molecule has 0 saturated heterocycles. The van der Waals surface area contributed by atoms with E-state index in [4.69, 9.17) is 0 Å². The Balaban J connectivity index is 2.60. The summed E-state index contributed by atoms with van der Waals surface area (Å²) < 4.78 is 13.7. The van der Waals surface area contributed by atoms with E-state index in [0.29, 0.717) is 12.1 Å². The first-order valence-corrected chi connectivity index (χ1v) is 5.57. The van der Waals surface area contributed by atoms with E-state index in [-0.39, 0.29) is 24.3 Å². The molecule has 0 fully saturated rings. The smallest absolute Gasteiger partial charge is 0.239 e. The molecule has 2 N–H and O–H groups in total. The molecule has 1 aromatic heterocycles. The number of halogens is 1. The number of hydrogen-bond donors (Lipinski definition) is 2. The molecule has 0 saturated carbocycles. The molecule has 0 unspecified atom stereocenters. The third kappa shape index (κ3) is 3.97. The average Bonchev–Trinajstić information content (AvgIpc) is 2.27. The van der Waals surface area contributed by atoms with Crippen LogP contribution in [0.2, 0.25) is 0 Å². The van der Waals surface area contributed by atoms with Gasteiger partial charge < -0.3 is 10.6 Å². The molecule has 0 aliphatic rings. The Morgan fingerprint density at radius 2 is 2.18 bits per heavy atom. The molecule has 0 spiro atoms. The van der Waals surface area contributed by atoms with E-state index >= 15 is 0 Å². The minimum atomic E-state index is -0.493.